The number of carbonyl (C=O) groups excluding carboxylic acids is 1. The van der Waals surface area contributed by atoms with Crippen molar-refractivity contribution in [2.45, 2.75) is 24.7 Å². The van der Waals surface area contributed by atoms with Crippen molar-refractivity contribution in [1.82, 2.24) is 19.3 Å². The largest absolute Gasteiger partial charge is 0.611 e. The van der Waals surface area contributed by atoms with Crippen molar-refractivity contribution in [1.29, 1.82) is 0 Å². The van der Waals surface area contributed by atoms with E-state index in [1.165, 1.54) is 41.7 Å². The molecule has 0 saturated carbocycles. The Morgan fingerprint density at radius 3 is 2.67 bits per heavy atom. The number of methoxy groups -OCH3 is 1. The number of fused-ring (bicyclic) bond motifs is 1. The summed E-state index contributed by atoms with van der Waals surface area (Å²) in [5.74, 6) is 0.161. The maximum Gasteiger partial charge on any atom is 0.421 e. The van der Waals surface area contributed by atoms with Gasteiger partial charge in [-0.15, -0.1) is 0 Å². The molecule has 0 amide bonds. The van der Waals surface area contributed by atoms with Crippen molar-refractivity contribution in [2.24, 2.45) is 0 Å². The fourth-order valence-electron chi connectivity index (χ4n) is 2.79. The summed E-state index contributed by atoms with van der Waals surface area (Å²) < 4.78 is 66.2. The lowest BCUT2D eigenvalue weighted by atomic mass is 10.2. The standard InChI is InChI=1S/C18H18F3N4O4S/c1-3-30(27)16-7-15-14(6-13(16)18(19,20)21)23-17(24(15)11-29-5-4-28-2)25-9-12(10-26)8-22-25/h6-9H,3-5,11H2,1-2H3. The third-order valence-electron chi connectivity index (χ3n) is 4.20. The zero-order valence-corrected chi connectivity index (χ0v) is 16.9. The molecule has 1 unspecified atom stereocenters. The molecule has 1 radical (unpaired) electrons. The molecule has 0 bridgehead atoms. The van der Waals surface area contributed by atoms with E-state index >= 15 is 0 Å². The molecule has 0 aliphatic carbocycles. The zero-order valence-electron chi connectivity index (χ0n) is 16.1. The van der Waals surface area contributed by atoms with Crippen LogP contribution in [0.4, 0.5) is 13.2 Å². The lowest BCUT2D eigenvalue weighted by molar-refractivity contribution is -0.139. The van der Waals surface area contributed by atoms with Crippen LogP contribution in [0, 0.1) is 0 Å². The molecule has 0 saturated heterocycles. The van der Waals surface area contributed by atoms with E-state index in [-0.39, 0.29) is 41.0 Å². The summed E-state index contributed by atoms with van der Waals surface area (Å²) in [5, 5.41) is 4.01. The number of rotatable bonds is 9. The predicted octanol–water partition coefficient (Wildman–Crippen LogP) is 2.45. The van der Waals surface area contributed by atoms with Crippen molar-refractivity contribution >= 4 is 28.5 Å². The minimum Gasteiger partial charge on any atom is -0.611 e. The average molecular weight is 443 g/mol. The van der Waals surface area contributed by atoms with Gasteiger partial charge >= 0.3 is 6.18 Å². The fourth-order valence-corrected chi connectivity index (χ4v) is 3.76. The first kappa shape index (κ1) is 22.3. The van der Waals surface area contributed by atoms with Gasteiger partial charge in [0.15, 0.2) is 4.90 Å². The fraction of sp³-hybridized carbons (Fsp3) is 0.389. The molecule has 2 aromatic heterocycles. The Hall–Kier alpha value is -2.41. The monoisotopic (exact) mass is 443 g/mol. The predicted molar refractivity (Wildman–Crippen MR) is 101 cm³/mol. The van der Waals surface area contributed by atoms with Gasteiger partial charge in [0.2, 0.25) is 12.2 Å². The lowest BCUT2D eigenvalue weighted by Crippen LogP contribution is -2.15. The van der Waals surface area contributed by atoms with Crippen LogP contribution in [0.5, 0.6) is 0 Å². The highest BCUT2D eigenvalue weighted by Crippen LogP contribution is 2.37. The molecule has 161 valence electrons. The van der Waals surface area contributed by atoms with Crippen molar-refractivity contribution in [3.63, 3.8) is 0 Å². The van der Waals surface area contributed by atoms with E-state index in [4.69, 9.17) is 9.47 Å². The molecule has 0 aliphatic rings. The maximum absolute atomic E-state index is 13.6. The third-order valence-corrected chi connectivity index (χ3v) is 5.55. The SMILES string of the molecule is CC[S+]([O-])c1cc2c(cc1C(F)(F)F)nc(-n1cc([C]=O)cn1)n2COCCOC. The van der Waals surface area contributed by atoms with Crippen LogP contribution < -0.4 is 0 Å². The average Bonchev–Trinajstić information content (AvgIpc) is 3.33. The minimum absolute atomic E-state index is 0.0247. The highest BCUT2D eigenvalue weighted by molar-refractivity contribution is 7.91. The Morgan fingerprint density at radius 2 is 2.07 bits per heavy atom. The molecule has 8 nitrogen and oxygen atoms in total. The second-order valence-corrected chi connectivity index (χ2v) is 7.82. The highest BCUT2D eigenvalue weighted by Gasteiger charge is 2.38. The molecule has 3 rings (SSSR count). The number of imidazole rings is 1. The van der Waals surface area contributed by atoms with Gasteiger partial charge < -0.3 is 14.0 Å². The summed E-state index contributed by atoms with van der Waals surface area (Å²) in [6, 6.07) is 2.08. The molecular formula is C18H18F3N4O4S. The van der Waals surface area contributed by atoms with E-state index in [0.717, 1.165) is 6.07 Å². The molecule has 0 aliphatic heterocycles. The number of hydrogen-bond donors (Lipinski definition) is 0. The number of aromatic nitrogens is 4. The normalized spacial score (nSPS) is 13.1. The number of hydrogen-bond acceptors (Lipinski definition) is 6. The van der Waals surface area contributed by atoms with Crippen molar-refractivity contribution < 1.29 is 32.0 Å². The highest BCUT2D eigenvalue weighted by atomic mass is 32.2. The van der Waals surface area contributed by atoms with E-state index in [9.17, 15) is 22.5 Å². The van der Waals surface area contributed by atoms with Gasteiger partial charge in [-0.05, 0) is 24.2 Å². The summed E-state index contributed by atoms with van der Waals surface area (Å²) in [6.07, 6.45) is -0.418. The number of nitrogens with zero attached hydrogens (tertiary/aromatic N) is 4. The van der Waals surface area contributed by atoms with Crippen LogP contribution in [-0.2, 0) is 38.4 Å². The molecule has 1 atom stereocenters. The van der Waals surface area contributed by atoms with Crippen molar-refractivity contribution in [3.05, 3.63) is 35.7 Å². The van der Waals surface area contributed by atoms with Gasteiger partial charge in [0.1, 0.15) is 18.0 Å². The molecule has 12 heteroatoms. The van der Waals surface area contributed by atoms with E-state index in [1.54, 1.807) is 6.29 Å². The number of alkyl halides is 3. The molecule has 0 fully saturated rings. The lowest BCUT2D eigenvalue weighted by Gasteiger charge is -2.15. The maximum atomic E-state index is 13.6. The van der Waals surface area contributed by atoms with E-state index in [2.05, 4.69) is 10.1 Å². The van der Waals surface area contributed by atoms with Crippen LogP contribution >= 0.6 is 0 Å². The van der Waals surface area contributed by atoms with E-state index < -0.39 is 22.9 Å². The Bertz CT molecular complexity index is 1030. The van der Waals surface area contributed by atoms with Crippen LogP contribution in [0.1, 0.15) is 18.1 Å². The van der Waals surface area contributed by atoms with Gasteiger partial charge in [-0.25, -0.2) is 9.67 Å². The Kier molecular flexibility index (Phi) is 6.81. The summed E-state index contributed by atoms with van der Waals surface area (Å²) >= 11 is -1.85. The first-order chi connectivity index (χ1) is 14.3. The first-order valence-electron chi connectivity index (χ1n) is 8.79. The Labute approximate surface area is 172 Å². The molecular weight excluding hydrogens is 425 g/mol. The topological polar surface area (TPSA) is 94.2 Å². The summed E-state index contributed by atoms with van der Waals surface area (Å²) in [4.78, 5) is 14.8. The van der Waals surface area contributed by atoms with Crippen LogP contribution in [0.2, 0.25) is 0 Å². The van der Waals surface area contributed by atoms with Crippen LogP contribution in [0.25, 0.3) is 17.0 Å². The van der Waals surface area contributed by atoms with Gasteiger partial charge in [-0.1, -0.05) is 0 Å². The van der Waals surface area contributed by atoms with Gasteiger partial charge in [-0.2, -0.15) is 18.3 Å². The quantitative estimate of drug-likeness (QED) is 0.373. The van der Waals surface area contributed by atoms with Crippen molar-refractivity contribution in [3.8, 4) is 5.95 Å². The van der Waals surface area contributed by atoms with Crippen LogP contribution in [0.3, 0.4) is 0 Å². The smallest absolute Gasteiger partial charge is 0.421 e. The Morgan fingerprint density at radius 1 is 1.30 bits per heavy atom. The molecule has 0 spiro atoms. The second kappa shape index (κ2) is 9.16. The van der Waals surface area contributed by atoms with E-state index in [0.29, 0.717) is 12.1 Å². The van der Waals surface area contributed by atoms with Gasteiger partial charge in [-0.3, -0.25) is 9.36 Å². The van der Waals surface area contributed by atoms with E-state index in [1.807, 2.05) is 0 Å². The first-order valence-corrected chi connectivity index (χ1v) is 10.1. The molecule has 3 aromatic rings. The third kappa shape index (κ3) is 4.51. The van der Waals surface area contributed by atoms with Crippen LogP contribution in [-0.4, -0.2) is 56.2 Å². The number of benzene rings is 1. The van der Waals surface area contributed by atoms with Gasteiger partial charge in [0, 0.05) is 19.4 Å². The summed E-state index contributed by atoms with van der Waals surface area (Å²) in [6.45, 7) is 2.02. The molecule has 30 heavy (non-hydrogen) atoms. The zero-order chi connectivity index (χ0) is 21.9. The summed E-state index contributed by atoms with van der Waals surface area (Å²) in [5.41, 5.74) is -0.539. The number of halogens is 3. The molecule has 1 aromatic carbocycles. The number of ether oxygens (including phenoxy) is 2. The van der Waals surface area contributed by atoms with Crippen LogP contribution in [0.15, 0.2) is 29.4 Å². The molecule has 0 N–H and O–H groups in total. The molecule has 2 heterocycles. The van der Waals surface area contributed by atoms with Gasteiger partial charge in [0.05, 0.1) is 36.0 Å². The minimum atomic E-state index is -4.70. The summed E-state index contributed by atoms with van der Waals surface area (Å²) in [7, 11) is 1.51. The second-order valence-electron chi connectivity index (χ2n) is 6.11. The Balaban J connectivity index is 2.19. The van der Waals surface area contributed by atoms with Crippen molar-refractivity contribution in [2.75, 3.05) is 26.1 Å². The van der Waals surface area contributed by atoms with Gasteiger partial charge in [0.25, 0.3) is 0 Å².